The van der Waals surface area contributed by atoms with Crippen molar-refractivity contribution in [2.24, 2.45) is 0 Å². The molecule has 0 atom stereocenters. The topological polar surface area (TPSA) is 69.3 Å². The van der Waals surface area contributed by atoms with Crippen LogP contribution >= 0.6 is 34.4 Å². The summed E-state index contributed by atoms with van der Waals surface area (Å²) in [6, 6.07) is 1.57. The SMILES string of the molecule is O=c1c2c3c(sc2ncn1Cc1cc(=O)n2c4c(sc2n1)CCCC4)CSCC3. The fraction of sp³-hybridized carbons (Fsp3) is 0.400. The Hall–Kier alpha value is -1.97. The van der Waals surface area contributed by atoms with Gasteiger partial charge in [-0.15, -0.1) is 22.7 Å². The molecule has 0 bridgehead atoms. The van der Waals surface area contributed by atoms with Crippen molar-refractivity contribution in [3.63, 3.8) is 0 Å². The Balaban J connectivity index is 1.45. The normalized spacial score (nSPS) is 16.3. The second-order valence-corrected chi connectivity index (χ2v) is 10.8. The van der Waals surface area contributed by atoms with Gasteiger partial charge in [-0.2, -0.15) is 11.8 Å². The van der Waals surface area contributed by atoms with Crippen LogP contribution in [0.1, 0.15) is 39.5 Å². The van der Waals surface area contributed by atoms with Crippen LogP contribution in [-0.4, -0.2) is 24.7 Å². The fourth-order valence-electron chi connectivity index (χ4n) is 4.36. The Morgan fingerprint density at radius 2 is 1.97 bits per heavy atom. The van der Waals surface area contributed by atoms with E-state index in [0.717, 1.165) is 58.1 Å². The minimum atomic E-state index is -0.0450. The van der Waals surface area contributed by atoms with E-state index in [2.05, 4.69) is 4.98 Å². The maximum Gasteiger partial charge on any atom is 0.262 e. The van der Waals surface area contributed by atoms with Gasteiger partial charge in [-0.05, 0) is 43.4 Å². The van der Waals surface area contributed by atoms with E-state index < -0.39 is 0 Å². The first-order valence-electron chi connectivity index (χ1n) is 9.80. The van der Waals surface area contributed by atoms with Crippen molar-refractivity contribution < 1.29 is 0 Å². The molecule has 0 aromatic carbocycles. The molecule has 0 fully saturated rings. The first-order valence-corrected chi connectivity index (χ1v) is 12.6. The van der Waals surface area contributed by atoms with E-state index in [1.807, 2.05) is 11.8 Å². The summed E-state index contributed by atoms with van der Waals surface area (Å²) in [7, 11) is 0. The van der Waals surface area contributed by atoms with Gasteiger partial charge in [-0.25, -0.2) is 9.97 Å². The zero-order valence-corrected chi connectivity index (χ0v) is 18.1. The summed E-state index contributed by atoms with van der Waals surface area (Å²) in [5, 5.41) is 0.761. The van der Waals surface area contributed by atoms with Crippen molar-refractivity contribution in [2.75, 3.05) is 5.75 Å². The molecule has 6 rings (SSSR count). The zero-order chi connectivity index (χ0) is 19.5. The van der Waals surface area contributed by atoms with Crippen LogP contribution in [-0.2, 0) is 31.6 Å². The third-order valence-corrected chi connectivity index (χ3v) is 9.19. The molecule has 0 amide bonds. The van der Waals surface area contributed by atoms with Crippen molar-refractivity contribution in [1.82, 2.24) is 18.9 Å². The molecule has 4 aromatic heterocycles. The molecular formula is C20H18N4O2S3. The van der Waals surface area contributed by atoms with Crippen LogP contribution in [0.25, 0.3) is 15.2 Å². The van der Waals surface area contributed by atoms with Gasteiger partial charge >= 0.3 is 0 Å². The minimum absolute atomic E-state index is 0.0214. The second kappa shape index (κ2) is 6.78. The third-order valence-electron chi connectivity index (χ3n) is 5.74. The second-order valence-electron chi connectivity index (χ2n) is 7.55. The smallest absolute Gasteiger partial charge is 0.262 e. The van der Waals surface area contributed by atoms with Crippen LogP contribution in [0.15, 0.2) is 22.0 Å². The predicted molar refractivity (Wildman–Crippen MR) is 119 cm³/mol. The van der Waals surface area contributed by atoms with E-state index in [0.29, 0.717) is 5.69 Å². The van der Waals surface area contributed by atoms with Crippen molar-refractivity contribution in [3.05, 3.63) is 59.8 Å². The summed E-state index contributed by atoms with van der Waals surface area (Å²) in [6.45, 7) is 0.273. The van der Waals surface area contributed by atoms with E-state index in [4.69, 9.17) is 4.98 Å². The molecule has 9 heteroatoms. The Kier molecular flexibility index (Phi) is 4.18. The molecule has 2 aliphatic rings. The van der Waals surface area contributed by atoms with Crippen molar-refractivity contribution >= 4 is 49.6 Å². The maximum atomic E-state index is 13.2. The van der Waals surface area contributed by atoms with Gasteiger partial charge in [0.2, 0.25) is 0 Å². The molecule has 0 spiro atoms. The number of aromatic nitrogens is 4. The number of hydrogen-bond donors (Lipinski definition) is 0. The average molecular weight is 443 g/mol. The molecule has 1 aliphatic carbocycles. The van der Waals surface area contributed by atoms with E-state index in [1.165, 1.54) is 21.7 Å². The highest BCUT2D eigenvalue weighted by atomic mass is 32.2. The first kappa shape index (κ1) is 17.9. The third kappa shape index (κ3) is 2.82. The largest absolute Gasteiger partial charge is 0.293 e. The number of fused-ring (bicyclic) bond motifs is 6. The average Bonchev–Trinajstić information content (AvgIpc) is 3.28. The van der Waals surface area contributed by atoms with Gasteiger partial charge in [0.1, 0.15) is 4.83 Å². The lowest BCUT2D eigenvalue weighted by Crippen LogP contribution is -2.24. The summed E-state index contributed by atoms with van der Waals surface area (Å²) < 4.78 is 3.36. The van der Waals surface area contributed by atoms with Gasteiger partial charge in [-0.3, -0.25) is 18.6 Å². The quantitative estimate of drug-likeness (QED) is 0.477. The number of rotatable bonds is 2. The van der Waals surface area contributed by atoms with Crippen LogP contribution in [0.5, 0.6) is 0 Å². The highest BCUT2D eigenvalue weighted by Crippen LogP contribution is 2.35. The van der Waals surface area contributed by atoms with Gasteiger partial charge in [0, 0.05) is 27.3 Å². The number of aryl methyl sites for hydroxylation is 3. The van der Waals surface area contributed by atoms with E-state index in [1.54, 1.807) is 44.0 Å². The van der Waals surface area contributed by atoms with Gasteiger partial charge in [-0.1, -0.05) is 0 Å². The molecule has 0 N–H and O–H groups in total. The molecule has 0 saturated carbocycles. The Bertz CT molecular complexity index is 1390. The summed E-state index contributed by atoms with van der Waals surface area (Å²) in [6.07, 6.45) is 6.79. The Morgan fingerprint density at radius 1 is 1.07 bits per heavy atom. The van der Waals surface area contributed by atoms with E-state index >= 15 is 0 Å². The molecular weight excluding hydrogens is 424 g/mol. The van der Waals surface area contributed by atoms with Gasteiger partial charge in [0.25, 0.3) is 11.1 Å². The summed E-state index contributed by atoms with van der Waals surface area (Å²) in [4.78, 5) is 39.4. The number of thiazole rings is 1. The van der Waals surface area contributed by atoms with Gasteiger partial charge < -0.3 is 0 Å². The molecule has 5 heterocycles. The molecule has 0 saturated heterocycles. The zero-order valence-electron chi connectivity index (χ0n) is 15.6. The lowest BCUT2D eigenvalue weighted by atomic mass is 10.0. The summed E-state index contributed by atoms with van der Waals surface area (Å²) in [5.41, 5.74) is 2.85. The molecule has 0 unspecified atom stereocenters. The maximum absolute atomic E-state index is 13.2. The highest BCUT2D eigenvalue weighted by molar-refractivity contribution is 7.98. The number of thioether (sulfide) groups is 1. The Morgan fingerprint density at radius 3 is 2.90 bits per heavy atom. The van der Waals surface area contributed by atoms with E-state index in [-0.39, 0.29) is 17.7 Å². The van der Waals surface area contributed by atoms with Crippen LogP contribution in [0.4, 0.5) is 0 Å². The number of nitrogens with zero attached hydrogens (tertiary/aromatic N) is 4. The van der Waals surface area contributed by atoms with Crippen LogP contribution < -0.4 is 11.1 Å². The van der Waals surface area contributed by atoms with Crippen LogP contribution in [0.3, 0.4) is 0 Å². The molecule has 148 valence electrons. The summed E-state index contributed by atoms with van der Waals surface area (Å²) in [5.74, 6) is 2.01. The first-order chi connectivity index (χ1) is 14.2. The molecule has 0 radical (unpaired) electrons. The molecule has 6 nitrogen and oxygen atoms in total. The number of thiophene rings is 1. The van der Waals surface area contributed by atoms with Crippen molar-refractivity contribution in [1.29, 1.82) is 0 Å². The monoisotopic (exact) mass is 442 g/mol. The minimum Gasteiger partial charge on any atom is -0.293 e. The standard InChI is InChI=1S/C20H18N4O2S3/c25-16-7-11(22-20-24(16)13-3-1-2-4-14(13)29-20)8-23-10-21-18-17(19(23)26)12-5-6-27-9-15(12)28-18/h7,10H,1-6,8-9H2. The fourth-order valence-corrected chi connectivity index (χ4v) is 7.90. The van der Waals surface area contributed by atoms with Crippen molar-refractivity contribution in [2.45, 2.75) is 44.4 Å². The highest BCUT2D eigenvalue weighted by Gasteiger charge is 2.21. The Labute approximate surface area is 178 Å². The van der Waals surface area contributed by atoms with Crippen LogP contribution in [0.2, 0.25) is 0 Å². The molecule has 29 heavy (non-hydrogen) atoms. The summed E-state index contributed by atoms with van der Waals surface area (Å²) >= 11 is 5.16. The van der Waals surface area contributed by atoms with Crippen molar-refractivity contribution in [3.8, 4) is 0 Å². The lowest BCUT2D eigenvalue weighted by molar-refractivity contribution is 0.668. The van der Waals surface area contributed by atoms with E-state index in [9.17, 15) is 9.59 Å². The van der Waals surface area contributed by atoms with Gasteiger partial charge in [0.05, 0.1) is 24.0 Å². The molecule has 1 aliphatic heterocycles. The van der Waals surface area contributed by atoms with Gasteiger partial charge in [0.15, 0.2) is 4.96 Å². The number of hydrogen-bond acceptors (Lipinski definition) is 7. The van der Waals surface area contributed by atoms with Crippen LogP contribution in [0, 0.1) is 0 Å². The predicted octanol–water partition coefficient (Wildman–Crippen LogP) is 3.24. The molecule has 4 aromatic rings. The lowest BCUT2D eigenvalue weighted by Gasteiger charge is -2.11.